The quantitative estimate of drug-likeness (QED) is 0.318. The molecule has 0 radical (unpaired) electrons. The highest BCUT2D eigenvalue weighted by Crippen LogP contribution is 2.36. The third kappa shape index (κ3) is 3.74. The molecule has 1 fully saturated rings. The van der Waals surface area contributed by atoms with Crippen molar-refractivity contribution < 1.29 is 18.8 Å². The van der Waals surface area contributed by atoms with Gasteiger partial charge in [0.2, 0.25) is 5.91 Å². The van der Waals surface area contributed by atoms with E-state index < -0.39 is 16.4 Å². The van der Waals surface area contributed by atoms with Crippen LogP contribution in [0.3, 0.4) is 0 Å². The first-order chi connectivity index (χ1) is 18.1. The zero-order chi connectivity index (χ0) is 26.9. The summed E-state index contributed by atoms with van der Waals surface area (Å²) in [5, 5.41) is 21.9. The zero-order valence-corrected chi connectivity index (χ0v) is 21.4. The number of amides is 1. The number of carbonyl (C=O) groups excluding carboxylic acids is 1. The molecule has 0 aliphatic carbocycles. The van der Waals surface area contributed by atoms with E-state index in [4.69, 9.17) is 8.83 Å². The number of furan rings is 1. The fraction of sp³-hybridized carbons (Fsp3) is 0.393. The second kappa shape index (κ2) is 8.85. The molecule has 10 nitrogen and oxygen atoms in total. The summed E-state index contributed by atoms with van der Waals surface area (Å²) in [6.07, 6.45) is 2.98. The minimum atomic E-state index is -0.522. The third-order valence-corrected chi connectivity index (χ3v) is 8.27. The van der Waals surface area contributed by atoms with Gasteiger partial charge in [-0.1, -0.05) is 0 Å². The smallest absolute Gasteiger partial charge is 0.339 e. The van der Waals surface area contributed by atoms with Gasteiger partial charge in [0, 0.05) is 59.6 Å². The Bertz CT molecular complexity index is 1730. The van der Waals surface area contributed by atoms with Crippen LogP contribution in [0.5, 0.6) is 0 Å². The molecular formula is C28H28N3O7-. The highest BCUT2D eigenvalue weighted by molar-refractivity contribution is 5.99. The molecule has 3 aromatic heterocycles. The fourth-order valence-electron chi connectivity index (χ4n) is 6.28. The van der Waals surface area contributed by atoms with Gasteiger partial charge < -0.3 is 28.7 Å². The van der Waals surface area contributed by atoms with Crippen molar-refractivity contribution in [2.75, 3.05) is 18.3 Å². The number of hydrogen-bond donors (Lipinski definition) is 1. The molecule has 5 heterocycles. The van der Waals surface area contributed by atoms with Crippen LogP contribution in [-0.4, -0.2) is 33.7 Å². The van der Waals surface area contributed by atoms with E-state index in [9.17, 15) is 24.8 Å². The lowest BCUT2D eigenvalue weighted by atomic mass is 9.83. The van der Waals surface area contributed by atoms with Gasteiger partial charge in [0.1, 0.15) is 16.9 Å². The van der Waals surface area contributed by atoms with E-state index in [-0.39, 0.29) is 36.3 Å². The molecule has 1 amide bonds. The number of benzene rings is 1. The summed E-state index contributed by atoms with van der Waals surface area (Å²) in [5.41, 5.74) is 3.79. The molecular weight excluding hydrogens is 490 g/mol. The van der Waals surface area contributed by atoms with Crippen LogP contribution in [0.4, 0.5) is 5.69 Å². The molecule has 4 aromatic rings. The maximum atomic E-state index is 13.3. The molecule has 198 valence electrons. The number of pyridine rings is 1. The molecule has 1 aromatic carbocycles. The molecule has 38 heavy (non-hydrogen) atoms. The van der Waals surface area contributed by atoms with Gasteiger partial charge in [-0.15, -0.1) is 0 Å². The van der Waals surface area contributed by atoms with Crippen molar-refractivity contribution >= 4 is 33.5 Å². The molecule has 1 N–H and O–H groups in total. The lowest BCUT2D eigenvalue weighted by Crippen LogP contribution is -2.49. The van der Waals surface area contributed by atoms with Crippen molar-refractivity contribution in [3.8, 4) is 0 Å². The Morgan fingerprint density at radius 3 is 2.66 bits per heavy atom. The van der Waals surface area contributed by atoms with Crippen LogP contribution in [0.25, 0.3) is 21.9 Å². The Hall–Kier alpha value is -3.89. The number of anilines is 1. The molecule has 1 saturated heterocycles. The normalized spacial score (nSPS) is 18.7. The highest BCUT2D eigenvalue weighted by Gasteiger charge is 2.36. The molecule has 2 aliphatic heterocycles. The maximum absolute atomic E-state index is 13.3. The fourth-order valence-corrected chi connectivity index (χ4v) is 6.28. The van der Waals surface area contributed by atoms with Gasteiger partial charge in [-0.2, -0.15) is 0 Å². The van der Waals surface area contributed by atoms with E-state index in [1.807, 2.05) is 31.7 Å². The van der Waals surface area contributed by atoms with E-state index >= 15 is 0 Å². The number of rotatable bonds is 4. The largest absolute Gasteiger partial charge is 0.733 e. The Balaban J connectivity index is 1.24. The maximum Gasteiger partial charge on any atom is 0.339 e. The SMILES string of the molecule is Cc1coc2c(C)c3oc(=O)c(CCC(=O)N4C[C@@H]5C[C@@H](C4)c4ccc(N([O-])O)c(=O)n4C5)c(C)c3cc12. The number of carbonyl (C=O) groups is 1. The minimum Gasteiger partial charge on any atom is -0.733 e. The number of likely N-dealkylation sites (tertiary alicyclic amines) is 1. The van der Waals surface area contributed by atoms with E-state index in [1.54, 1.807) is 16.9 Å². The Kier molecular flexibility index (Phi) is 5.69. The van der Waals surface area contributed by atoms with Crippen molar-refractivity contribution in [3.63, 3.8) is 0 Å². The van der Waals surface area contributed by atoms with Crippen molar-refractivity contribution in [2.24, 2.45) is 5.92 Å². The molecule has 0 unspecified atom stereocenters. The Labute approximate surface area is 217 Å². The van der Waals surface area contributed by atoms with Gasteiger partial charge in [0.05, 0.1) is 6.26 Å². The second-order valence-electron chi connectivity index (χ2n) is 10.6. The van der Waals surface area contributed by atoms with E-state index in [0.29, 0.717) is 36.4 Å². The van der Waals surface area contributed by atoms with Crippen molar-refractivity contribution in [1.29, 1.82) is 0 Å². The number of hydrogen-bond acceptors (Lipinski definition) is 8. The summed E-state index contributed by atoms with van der Waals surface area (Å²) in [6.45, 7) is 7.07. The summed E-state index contributed by atoms with van der Waals surface area (Å²) >= 11 is 0. The van der Waals surface area contributed by atoms with E-state index in [2.05, 4.69) is 0 Å². The first-order valence-corrected chi connectivity index (χ1v) is 12.7. The zero-order valence-electron chi connectivity index (χ0n) is 21.4. The van der Waals surface area contributed by atoms with Crippen LogP contribution in [0.15, 0.2) is 42.9 Å². The summed E-state index contributed by atoms with van der Waals surface area (Å²) in [4.78, 5) is 40.7. The topological polar surface area (TPSA) is 132 Å². The average molecular weight is 519 g/mol. The van der Waals surface area contributed by atoms with Gasteiger partial charge in [0.25, 0.3) is 5.56 Å². The molecule has 0 saturated carbocycles. The molecule has 2 aliphatic rings. The van der Waals surface area contributed by atoms with E-state index in [0.717, 1.165) is 39.6 Å². The van der Waals surface area contributed by atoms with Crippen LogP contribution in [-0.2, 0) is 17.8 Å². The molecule has 2 atom stereocenters. The van der Waals surface area contributed by atoms with Crippen molar-refractivity contribution in [3.05, 3.63) is 78.4 Å². The van der Waals surface area contributed by atoms with Gasteiger partial charge in [-0.05, 0) is 68.9 Å². The third-order valence-electron chi connectivity index (χ3n) is 8.27. The number of fused-ring (bicyclic) bond motifs is 6. The van der Waals surface area contributed by atoms with Crippen molar-refractivity contribution in [1.82, 2.24) is 9.47 Å². The first-order valence-electron chi connectivity index (χ1n) is 12.7. The highest BCUT2D eigenvalue weighted by atomic mass is 16.8. The van der Waals surface area contributed by atoms with Gasteiger partial charge in [-0.25, -0.2) is 4.79 Å². The monoisotopic (exact) mass is 518 g/mol. The van der Waals surface area contributed by atoms with Crippen LogP contribution < -0.4 is 16.4 Å². The van der Waals surface area contributed by atoms with Crippen LogP contribution >= 0.6 is 0 Å². The van der Waals surface area contributed by atoms with Crippen LogP contribution in [0, 0.1) is 31.9 Å². The molecule has 6 rings (SSSR count). The van der Waals surface area contributed by atoms with Crippen LogP contribution in [0.2, 0.25) is 0 Å². The predicted molar refractivity (Wildman–Crippen MR) is 141 cm³/mol. The summed E-state index contributed by atoms with van der Waals surface area (Å²) in [7, 11) is 0. The van der Waals surface area contributed by atoms with Gasteiger partial charge in [-0.3, -0.25) is 14.8 Å². The van der Waals surface area contributed by atoms with Crippen LogP contribution in [0.1, 0.15) is 46.7 Å². The summed E-state index contributed by atoms with van der Waals surface area (Å²) in [6, 6.07) is 4.99. The Morgan fingerprint density at radius 1 is 1.11 bits per heavy atom. The average Bonchev–Trinajstić information content (AvgIpc) is 3.25. The predicted octanol–water partition coefficient (Wildman–Crippen LogP) is 3.90. The van der Waals surface area contributed by atoms with E-state index in [1.165, 1.54) is 6.07 Å². The van der Waals surface area contributed by atoms with Crippen molar-refractivity contribution in [2.45, 2.75) is 52.5 Å². The molecule has 10 heteroatoms. The summed E-state index contributed by atoms with van der Waals surface area (Å²) in [5.74, 6) is -0.0273. The second-order valence-corrected chi connectivity index (χ2v) is 10.6. The lowest BCUT2D eigenvalue weighted by Gasteiger charge is -2.43. The molecule has 2 bridgehead atoms. The Morgan fingerprint density at radius 2 is 1.89 bits per heavy atom. The minimum absolute atomic E-state index is 0.0388. The number of nitrogens with zero attached hydrogens (tertiary/aromatic N) is 3. The number of aryl methyl sites for hydroxylation is 3. The lowest BCUT2D eigenvalue weighted by molar-refractivity contribution is -0.133. The summed E-state index contributed by atoms with van der Waals surface area (Å²) < 4.78 is 12.9. The number of aromatic nitrogens is 1. The molecule has 0 spiro atoms. The van der Waals surface area contributed by atoms with Gasteiger partial charge in [0.15, 0.2) is 0 Å². The number of piperidine rings is 1. The first kappa shape index (κ1) is 24.4. The van der Waals surface area contributed by atoms with Gasteiger partial charge >= 0.3 is 5.63 Å². The standard InChI is InChI=1S/C28H28N3O7/c1-14-13-37-25-16(3)26-21(9-20(14)25)15(2)19(28(34)38-26)4-7-24(32)29-10-17-8-18(12-29)22-5-6-23(31(35)36)27(33)30(22)11-17/h5-6,9,13,17-18,35H,4,7-8,10-12H2,1-3H3/q-1/t17-,18-/m0/s1.